The van der Waals surface area contributed by atoms with E-state index in [1.165, 1.54) is 31.4 Å². The van der Waals surface area contributed by atoms with Crippen LogP contribution in [0.1, 0.15) is 37.3 Å². The van der Waals surface area contributed by atoms with Crippen molar-refractivity contribution < 1.29 is 9.53 Å². The monoisotopic (exact) mass is 405 g/mol. The van der Waals surface area contributed by atoms with Gasteiger partial charge in [-0.3, -0.25) is 9.69 Å². The smallest absolute Gasteiger partial charge is 0.234 e. The lowest BCUT2D eigenvalue weighted by Gasteiger charge is -2.33. The number of hydrogen-bond donors (Lipinski definition) is 2. The Bertz CT molecular complexity index is 500. The van der Waals surface area contributed by atoms with Crippen LogP contribution in [0.15, 0.2) is 24.3 Å². The van der Waals surface area contributed by atoms with Crippen LogP contribution in [0, 0.1) is 0 Å². The zero-order valence-electron chi connectivity index (χ0n) is 15.8. The first-order chi connectivity index (χ1) is 11.7. The van der Waals surface area contributed by atoms with Gasteiger partial charge >= 0.3 is 0 Å². The zero-order valence-corrected chi connectivity index (χ0v) is 17.5. The summed E-state index contributed by atoms with van der Waals surface area (Å²) >= 11 is 0. The molecule has 0 spiro atoms. The van der Waals surface area contributed by atoms with Crippen molar-refractivity contribution in [2.75, 3.05) is 33.4 Å². The minimum absolute atomic E-state index is 0. The van der Waals surface area contributed by atoms with Gasteiger partial charge in [0.2, 0.25) is 5.91 Å². The molecule has 0 aliphatic carbocycles. The van der Waals surface area contributed by atoms with Gasteiger partial charge in [0.05, 0.1) is 13.2 Å². The number of hydrogen-bond acceptors (Lipinski definition) is 4. The van der Waals surface area contributed by atoms with E-state index in [0.717, 1.165) is 12.1 Å². The van der Waals surface area contributed by atoms with Crippen molar-refractivity contribution in [3.8, 4) is 0 Å². The number of ether oxygens (including phenoxy) is 1. The summed E-state index contributed by atoms with van der Waals surface area (Å²) in [5.74, 6) is 0.0114. The Morgan fingerprint density at radius 2 is 1.88 bits per heavy atom. The van der Waals surface area contributed by atoms with Crippen molar-refractivity contribution >= 4 is 30.7 Å². The quantitative estimate of drug-likeness (QED) is 0.620. The Balaban J connectivity index is 0.00000312. The highest BCUT2D eigenvalue weighted by molar-refractivity contribution is 5.85. The predicted octanol–water partition coefficient (Wildman–Crippen LogP) is 2.76. The van der Waals surface area contributed by atoms with Gasteiger partial charge in [-0.2, -0.15) is 0 Å². The largest absolute Gasteiger partial charge is 0.383 e. The van der Waals surface area contributed by atoms with Crippen molar-refractivity contribution in [1.82, 2.24) is 15.5 Å². The summed E-state index contributed by atoms with van der Waals surface area (Å²) in [6.07, 6.45) is 3.98. The molecule has 1 aliphatic heterocycles. The Hall–Kier alpha value is -0.850. The second kappa shape index (κ2) is 14.2. The molecule has 5 nitrogen and oxygen atoms in total. The van der Waals surface area contributed by atoms with Crippen molar-refractivity contribution in [2.45, 2.75) is 45.3 Å². The van der Waals surface area contributed by atoms with Gasteiger partial charge in [0, 0.05) is 32.8 Å². The van der Waals surface area contributed by atoms with Gasteiger partial charge in [-0.15, -0.1) is 24.8 Å². The lowest BCUT2D eigenvalue weighted by atomic mass is 10.0. The summed E-state index contributed by atoms with van der Waals surface area (Å²) < 4.78 is 4.93. The summed E-state index contributed by atoms with van der Waals surface area (Å²) in [4.78, 5) is 14.3. The molecule has 26 heavy (non-hydrogen) atoms. The van der Waals surface area contributed by atoms with Gasteiger partial charge in [-0.25, -0.2) is 0 Å². The van der Waals surface area contributed by atoms with E-state index in [1.54, 1.807) is 7.11 Å². The average molecular weight is 406 g/mol. The number of benzene rings is 1. The fourth-order valence-electron chi connectivity index (χ4n) is 3.03. The minimum atomic E-state index is 0. The topological polar surface area (TPSA) is 53.6 Å². The number of halogens is 2. The van der Waals surface area contributed by atoms with Crippen LogP contribution in [-0.2, 0) is 22.6 Å². The molecule has 1 aliphatic rings. The number of rotatable bonds is 9. The van der Waals surface area contributed by atoms with Crippen molar-refractivity contribution in [3.63, 3.8) is 0 Å². The third kappa shape index (κ3) is 9.19. The summed E-state index contributed by atoms with van der Waals surface area (Å²) in [6.45, 7) is 6.76. The number of likely N-dealkylation sites (tertiary alicyclic amines) is 1. The second-order valence-electron chi connectivity index (χ2n) is 6.58. The van der Waals surface area contributed by atoms with E-state index in [0.29, 0.717) is 32.3 Å². The van der Waals surface area contributed by atoms with Crippen LogP contribution in [0.2, 0.25) is 0 Å². The van der Waals surface area contributed by atoms with Crippen LogP contribution in [0.25, 0.3) is 0 Å². The number of nitrogens with zero attached hydrogens (tertiary/aromatic N) is 1. The normalized spacial score (nSPS) is 17.1. The maximum Gasteiger partial charge on any atom is 0.234 e. The van der Waals surface area contributed by atoms with Crippen LogP contribution >= 0.6 is 24.8 Å². The van der Waals surface area contributed by atoms with E-state index in [9.17, 15) is 4.79 Å². The van der Waals surface area contributed by atoms with Crippen LogP contribution in [0.5, 0.6) is 0 Å². The number of methoxy groups -OCH3 is 1. The molecule has 2 rings (SSSR count). The molecule has 1 unspecified atom stereocenters. The van der Waals surface area contributed by atoms with Gasteiger partial charge in [0.25, 0.3) is 0 Å². The summed E-state index contributed by atoms with van der Waals surface area (Å²) in [7, 11) is 1.65. The van der Waals surface area contributed by atoms with Crippen molar-refractivity contribution in [2.24, 2.45) is 0 Å². The van der Waals surface area contributed by atoms with Gasteiger partial charge in [0.15, 0.2) is 0 Å². The van der Waals surface area contributed by atoms with Gasteiger partial charge in [0.1, 0.15) is 0 Å². The second-order valence-corrected chi connectivity index (χ2v) is 6.58. The Morgan fingerprint density at radius 3 is 2.54 bits per heavy atom. The lowest BCUT2D eigenvalue weighted by molar-refractivity contribution is -0.120. The summed E-state index contributed by atoms with van der Waals surface area (Å²) in [5, 5.41) is 5.97. The number of nitrogens with one attached hydrogen (secondary N) is 2. The van der Waals surface area contributed by atoms with Crippen LogP contribution in [0.4, 0.5) is 0 Å². The maximum absolute atomic E-state index is 11.7. The standard InChI is InChI=1S/C19H31N3O2.2ClH/c1-16-5-3-4-11-22(16)15-18-8-6-17(7-9-18)13-21-19(23)14-20-10-12-24-2;;/h6-9,16,20H,3-5,10-15H2,1-2H3,(H,21,23);2*1H. The van der Waals surface area contributed by atoms with E-state index in [2.05, 4.69) is 46.7 Å². The molecule has 1 aromatic carbocycles. The Labute approximate surface area is 170 Å². The molecule has 0 bridgehead atoms. The van der Waals surface area contributed by atoms with Crippen LogP contribution in [-0.4, -0.2) is 50.2 Å². The third-order valence-corrected chi connectivity index (χ3v) is 4.61. The first kappa shape index (κ1) is 25.1. The van der Waals surface area contributed by atoms with Gasteiger partial charge < -0.3 is 15.4 Å². The molecule has 1 amide bonds. The molecule has 7 heteroatoms. The molecule has 1 saturated heterocycles. The molecule has 0 radical (unpaired) electrons. The highest BCUT2D eigenvalue weighted by Gasteiger charge is 2.17. The first-order valence-electron chi connectivity index (χ1n) is 8.97. The first-order valence-corrected chi connectivity index (χ1v) is 8.97. The molecule has 1 heterocycles. The molecule has 0 saturated carbocycles. The van der Waals surface area contributed by atoms with Crippen LogP contribution < -0.4 is 10.6 Å². The SMILES string of the molecule is COCCNCC(=O)NCc1ccc(CN2CCCCC2C)cc1.Cl.Cl. The number of carbonyl (C=O) groups is 1. The highest BCUT2D eigenvalue weighted by Crippen LogP contribution is 2.19. The highest BCUT2D eigenvalue weighted by atomic mass is 35.5. The molecule has 1 atom stereocenters. The van der Waals surface area contributed by atoms with Gasteiger partial charge in [-0.05, 0) is 37.4 Å². The van der Waals surface area contributed by atoms with E-state index >= 15 is 0 Å². The number of carbonyl (C=O) groups excluding carboxylic acids is 1. The average Bonchev–Trinajstić information content (AvgIpc) is 2.60. The molecule has 1 aromatic rings. The van der Waals surface area contributed by atoms with Crippen LogP contribution in [0.3, 0.4) is 0 Å². The van der Waals surface area contributed by atoms with E-state index in [4.69, 9.17) is 4.74 Å². The van der Waals surface area contributed by atoms with Crippen molar-refractivity contribution in [3.05, 3.63) is 35.4 Å². The van der Waals surface area contributed by atoms with E-state index in [1.807, 2.05) is 0 Å². The molecule has 0 aromatic heterocycles. The summed E-state index contributed by atoms with van der Waals surface area (Å²) in [6, 6.07) is 9.27. The van der Waals surface area contributed by atoms with E-state index < -0.39 is 0 Å². The Morgan fingerprint density at radius 1 is 1.19 bits per heavy atom. The molecular weight excluding hydrogens is 373 g/mol. The van der Waals surface area contributed by atoms with Crippen molar-refractivity contribution in [1.29, 1.82) is 0 Å². The van der Waals surface area contributed by atoms with E-state index in [-0.39, 0.29) is 30.7 Å². The fourth-order valence-corrected chi connectivity index (χ4v) is 3.03. The summed E-state index contributed by atoms with van der Waals surface area (Å²) in [5.41, 5.74) is 2.48. The molecular formula is C19H33Cl2N3O2. The fraction of sp³-hybridized carbons (Fsp3) is 0.632. The third-order valence-electron chi connectivity index (χ3n) is 4.61. The number of amides is 1. The zero-order chi connectivity index (χ0) is 17.2. The molecule has 1 fully saturated rings. The van der Waals surface area contributed by atoms with Gasteiger partial charge in [-0.1, -0.05) is 30.7 Å². The molecule has 150 valence electrons. The lowest BCUT2D eigenvalue weighted by Crippen LogP contribution is -2.36. The predicted molar refractivity (Wildman–Crippen MR) is 111 cm³/mol. The molecule has 2 N–H and O–H groups in total. The minimum Gasteiger partial charge on any atom is -0.383 e. The Kier molecular flexibility index (Phi) is 13.8. The maximum atomic E-state index is 11.7. The number of piperidine rings is 1.